The first-order chi connectivity index (χ1) is 11.1. The van der Waals surface area contributed by atoms with Crippen LogP contribution in [-0.2, 0) is 9.59 Å². The fourth-order valence-corrected chi connectivity index (χ4v) is 3.93. The van der Waals surface area contributed by atoms with E-state index in [2.05, 4.69) is 17.3 Å². The summed E-state index contributed by atoms with van der Waals surface area (Å²) in [5.74, 6) is -1.07. The molecule has 6 heteroatoms. The average Bonchev–Trinajstić information content (AvgIpc) is 2.82. The van der Waals surface area contributed by atoms with E-state index in [-0.39, 0.29) is 47.0 Å². The maximum Gasteiger partial charge on any atom is 0.254 e. The Bertz CT molecular complexity index is 723. The first kappa shape index (κ1) is 14.0. The number of allylic oxidation sites excluding steroid dienone is 2. The van der Waals surface area contributed by atoms with Crippen molar-refractivity contribution in [2.45, 2.75) is 12.8 Å². The van der Waals surface area contributed by atoms with Crippen molar-refractivity contribution in [1.82, 2.24) is 5.01 Å². The van der Waals surface area contributed by atoms with Crippen molar-refractivity contribution in [3.8, 4) is 11.5 Å². The summed E-state index contributed by atoms with van der Waals surface area (Å²) in [5, 5.41) is 24.0. The molecule has 2 bridgehead atoms. The van der Waals surface area contributed by atoms with Gasteiger partial charge >= 0.3 is 0 Å². The topological polar surface area (TPSA) is 90.2 Å². The molecule has 0 radical (unpaired) electrons. The zero-order valence-corrected chi connectivity index (χ0v) is 12.3. The molecular weight excluding hydrogens is 296 g/mol. The molecule has 4 aliphatic rings. The molecule has 1 aromatic rings. The minimum atomic E-state index is -0.295. The van der Waals surface area contributed by atoms with E-state index in [1.54, 1.807) is 0 Å². The number of carbonyl (C=O) groups is 2. The van der Waals surface area contributed by atoms with Crippen molar-refractivity contribution in [3.63, 3.8) is 0 Å². The van der Waals surface area contributed by atoms with Crippen LogP contribution in [0.1, 0.15) is 18.4 Å². The Balaban J connectivity index is 1.62. The van der Waals surface area contributed by atoms with Crippen molar-refractivity contribution in [3.05, 3.63) is 35.9 Å². The van der Waals surface area contributed by atoms with Gasteiger partial charge in [-0.15, -0.1) is 0 Å². The fraction of sp³-hybridized carbons (Fsp3) is 0.353. The van der Waals surface area contributed by atoms with Gasteiger partial charge in [-0.05, 0) is 36.8 Å². The van der Waals surface area contributed by atoms with Gasteiger partial charge in [0.1, 0.15) is 11.5 Å². The van der Waals surface area contributed by atoms with Crippen molar-refractivity contribution >= 4 is 18.0 Å². The monoisotopic (exact) mass is 312 g/mol. The Hall–Kier alpha value is -2.63. The van der Waals surface area contributed by atoms with Gasteiger partial charge in [0.25, 0.3) is 11.8 Å². The maximum absolute atomic E-state index is 12.6. The fourth-order valence-electron chi connectivity index (χ4n) is 3.93. The van der Waals surface area contributed by atoms with Crippen molar-refractivity contribution in [2.75, 3.05) is 0 Å². The molecule has 6 nitrogen and oxygen atoms in total. The molecule has 0 spiro atoms. The van der Waals surface area contributed by atoms with Crippen LogP contribution in [0.25, 0.3) is 0 Å². The third kappa shape index (κ3) is 2.05. The number of benzene rings is 1. The van der Waals surface area contributed by atoms with Crippen molar-refractivity contribution in [1.29, 1.82) is 0 Å². The molecule has 1 aliphatic heterocycles. The summed E-state index contributed by atoms with van der Waals surface area (Å²) in [4.78, 5) is 25.1. The summed E-state index contributed by atoms with van der Waals surface area (Å²) in [6, 6.07) is 4.05. The number of phenolic OH excluding ortho intramolecular Hbond substituents is 2. The second-order valence-corrected chi connectivity index (χ2v) is 6.32. The van der Waals surface area contributed by atoms with Crippen LogP contribution in [0.4, 0.5) is 0 Å². The minimum Gasteiger partial charge on any atom is -0.508 e. The molecule has 1 heterocycles. The van der Waals surface area contributed by atoms with Gasteiger partial charge in [-0.3, -0.25) is 9.59 Å². The average molecular weight is 312 g/mol. The number of phenols is 2. The highest BCUT2D eigenvalue weighted by atomic mass is 16.3. The van der Waals surface area contributed by atoms with Crippen molar-refractivity contribution < 1.29 is 19.8 Å². The zero-order valence-electron chi connectivity index (χ0n) is 12.3. The van der Waals surface area contributed by atoms with Gasteiger partial charge in [-0.25, -0.2) is 0 Å². The number of rotatable bonds is 2. The van der Waals surface area contributed by atoms with E-state index in [9.17, 15) is 19.8 Å². The Morgan fingerprint density at radius 1 is 1.04 bits per heavy atom. The predicted octanol–water partition coefficient (Wildman–Crippen LogP) is 1.63. The van der Waals surface area contributed by atoms with Crippen molar-refractivity contribution in [2.24, 2.45) is 28.8 Å². The number of fused-ring (bicyclic) bond motifs is 1. The number of hydrogen-bond donors (Lipinski definition) is 2. The van der Waals surface area contributed by atoms with Gasteiger partial charge in [-0.1, -0.05) is 12.2 Å². The summed E-state index contributed by atoms with van der Waals surface area (Å²) in [7, 11) is 0. The van der Waals surface area contributed by atoms with Gasteiger partial charge in [-0.2, -0.15) is 10.1 Å². The van der Waals surface area contributed by atoms with E-state index in [1.807, 2.05) is 0 Å². The van der Waals surface area contributed by atoms with E-state index in [4.69, 9.17) is 0 Å². The van der Waals surface area contributed by atoms with Crippen LogP contribution in [-0.4, -0.2) is 33.3 Å². The van der Waals surface area contributed by atoms with Crippen LogP contribution in [0.15, 0.2) is 35.5 Å². The number of imide groups is 1. The van der Waals surface area contributed by atoms with Crippen LogP contribution < -0.4 is 0 Å². The van der Waals surface area contributed by atoms with Gasteiger partial charge in [0.05, 0.1) is 18.1 Å². The number of amides is 2. The standard InChI is InChI=1S/C17H16N2O4/c20-12-6-5-11(13(21)7-12)8-18-19-16(22)14-9-1-2-10(4-3-9)15(14)17(19)23/h1-2,5-10,14-15,20-21H,3-4H2/t9-,10-,14+,15+/m0/s1. The van der Waals surface area contributed by atoms with E-state index in [0.29, 0.717) is 5.56 Å². The summed E-state index contributed by atoms with van der Waals surface area (Å²) in [6.07, 6.45) is 7.27. The van der Waals surface area contributed by atoms with Crippen LogP contribution in [0.3, 0.4) is 0 Å². The SMILES string of the molecule is O=C1[C@H]2[C@H](C(=O)N1N=Cc1ccc(O)cc1O)[C@H]1C=C[C@H]2CC1. The third-order valence-corrected chi connectivity index (χ3v) is 5.06. The number of hydrogen-bond acceptors (Lipinski definition) is 5. The molecule has 5 rings (SSSR count). The molecular formula is C17H16N2O4. The molecule has 1 aromatic carbocycles. The van der Waals surface area contributed by atoms with E-state index < -0.39 is 0 Å². The number of carbonyl (C=O) groups excluding carboxylic acids is 2. The maximum atomic E-state index is 12.6. The minimum absolute atomic E-state index is 0.0679. The first-order valence-corrected chi connectivity index (χ1v) is 7.68. The number of nitrogens with zero attached hydrogens (tertiary/aromatic N) is 2. The number of aromatic hydroxyl groups is 2. The molecule has 4 atom stereocenters. The molecule has 23 heavy (non-hydrogen) atoms. The molecule has 2 amide bonds. The van der Waals surface area contributed by atoms with Gasteiger partial charge in [0, 0.05) is 11.6 Å². The quantitative estimate of drug-likeness (QED) is 0.493. The van der Waals surface area contributed by atoms with Gasteiger partial charge in [0.2, 0.25) is 0 Å². The van der Waals surface area contributed by atoms with E-state index in [1.165, 1.54) is 24.4 Å². The summed E-state index contributed by atoms with van der Waals surface area (Å²) >= 11 is 0. The molecule has 0 unspecified atom stereocenters. The lowest BCUT2D eigenvalue weighted by atomic mass is 9.63. The summed E-state index contributed by atoms with van der Waals surface area (Å²) < 4.78 is 0. The lowest BCUT2D eigenvalue weighted by Crippen LogP contribution is -2.38. The van der Waals surface area contributed by atoms with Gasteiger partial charge in [0.15, 0.2) is 0 Å². The van der Waals surface area contributed by atoms with E-state index in [0.717, 1.165) is 17.9 Å². The van der Waals surface area contributed by atoms with Crippen LogP contribution >= 0.6 is 0 Å². The molecule has 1 saturated carbocycles. The Morgan fingerprint density at radius 3 is 2.17 bits per heavy atom. The highest BCUT2D eigenvalue weighted by molar-refractivity contribution is 6.06. The summed E-state index contributed by atoms with van der Waals surface area (Å²) in [6.45, 7) is 0. The molecule has 0 aromatic heterocycles. The summed E-state index contributed by atoms with van der Waals surface area (Å²) in [5.41, 5.74) is 0.333. The Morgan fingerprint density at radius 2 is 1.65 bits per heavy atom. The zero-order chi connectivity index (χ0) is 16.1. The van der Waals surface area contributed by atoms with Crippen LogP contribution in [0.2, 0.25) is 0 Å². The van der Waals surface area contributed by atoms with Crippen LogP contribution in [0, 0.1) is 23.7 Å². The second kappa shape index (κ2) is 4.94. The van der Waals surface area contributed by atoms with E-state index >= 15 is 0 Å². The number of hydrazone groups is 1. The normalized spacial score (nSPS) is 32.1. The molecule has 1 saturated heterocycles. The Kier molecular flexibility index (Phi) is 3.01. The van der Waals surface area contributed by atoms with Crippen LogP contribution in [0.5, 0.6) is 11.5 Å². The molecule has 2 fully saturated rings. The lowest BCUT2D eigenvalue weighted by Gasteiger charge is -2.37. The third-order valence-electron chi connectivity index (χ3n) is 5.06. The lowest BCUT2D eigenvalue weighted by molar-refractivity contribution is -0.140. The first-order valence-electron chi connectivity index (χ1n) is 7.68. The second-order valence-electron chi connectivity index (χ2n) is 6.32. The molecule has 118 valence electrons. The smallest absolute Gasteiger partial charge is 0.254 e. The highest BCUT2D eigenvalue weighted by Crippen LogP contribution is 2.49. The Labute approximate surface area is 132 Å². The predicted molar refractivity (Wildman–Crippen MR) is 81.6 cm³/mol. The largest absolute Gasteiger partial charge is 0.508 e. The molecule has 2 N–H and O–H groups in total. The highest BCUT2D eigenvalue weighted by Gasteiger charge is 2.56. The molecule has 3 aliphatic carbocycles. The van der Waals surface area contributed by atoms with Gasteiger partial charge < -0.3 is 10.2 Å².